The lowest BCUT2D eigenvalue weighted by Crippen LogP contribution is -2.30. The van der Waals surface area contributed by atoms with Gasteiger partial charge < -0.3 is 0 Å². The van der Waals surface area contributed by atoms with E-state index < -0.39 is 0 Å². The molecule has 2 rings (SSSR count). The molecule has 0 radical (unpaired) electrons. The first kappa shape index (κ1) is 10.7. The summed E-state index contributed by atoms with van der Waals surface area (Å²) in [4.78, 5) is 7.97. The third-order valence-corrected chi connectivity index (χ3v) is 2.43. The molecule has 16 heavy (non-hydrogen) atoms. The fourth-order valence-electron chi connectivity index (χ4n) is 1.66. The van der Waals surface area contributed by atoms with Gasteiger partial charge >= 0.3 is 0 Å². The molecule has 0 fully saturated rings. The third-order valence-electron chi connectivity index (χ3n) is 2.43. The van der Waals surface area contributed by atoms with Crippen molar-refractivity contribution < 1.29 is 0 Å². The second-order valence-electron chi connectivity index (χ2n) is 3.34. The van der Waals surface area contributed by atoms with Gasteiger partial charge in [0.15, 0.2) is 0 Å². The lowest BCUT2D eigenvalue weighted by molar-refractivity contribution is 0.541. The summed E-state index contributed by atoms with van der Waals surface area (Å²) in [6.07, 6.45) is 6.73. The molecule has 6 heteroatoms. The van der Waals surface area contributed by atoms with Crippen molar-refractivity contribution in [2.75, 3.05) is 0 Å². The fraction of sp³-hybridized carbons (Fsp3) is 0.300. The Kier molecular flexibility index (Phi) is 3.23. The zero-order valence-electron chi connectivity index (χ0n) is 9.04. The molecule has 6 nitrogen and oxygen atoms in total. The Labute approximate surface area is 93.5 Å². The summed E-state index contributed by atoms with van der Waals surface area (Å²) in [5, 5.41) is 4.21. The topological polar surface area (TPSA) is 81.7 Å². The quantitative estimate of drug-likeness (QED) is 0.567. The standard InChI is InChI=1S/C10H14N6/c1-2-16-9(3-4-14-16)10(15-11)8-5-12-7-13-6-8/h3-7,10,15H,2,11H2,1H3. The lowest BCUT2D eigenvalue weighted by Gasteiger charge is -2.16. The molecule has 2 aromatic heterocycles. The normalized spacial score (nSPS) is 12.6. The van der Waals surface area contributed by atoms with E-state index in [4.69, 9.17) is 5.84 Å². The molecule has 0 saturated carbocycles. The van der Waals surface area contributed by atoms with Crippen LogP contribution in [0, 0.1) is 0 Å². The highest BCUT2D eigenvalue weighted by atomic mass is 15.3. The van der Waals surface area contributed by atoms with Crippen LogP contribution >= 0.6 is 0 Å². The van der Waals surface area contributed by atoms with Crippen molar-refractivity contribution in [1.82, 2.24) is 25.2 Å². The Bertz CT molecular complexity index is 438. The van der Waals surface area contributed by atoms with E-state index in [0.29, 0.717) is 0 Å². The minimum absolute atomic E-state index is 0.136. The fourth-order valence-corrected chi connectivity index (χ4v) is 1.66. The molecule has 2 aromatic rings. The van der Waals surface area contributed by atoms with Gasteiger partial charge in [-0.25, -0.2) is 15.4 Å². The van der Waals surface area contributed by atoms with E-state index in [0.717, 1.165) is 17.8 Å². The van der Waals surface area contributed by atoms with Crippen molar-refractivity contribution in [2.24, 2.45) is 5.84 Å². The van der Waals surface area contributed by atoms with E-state index in [1.807, 2.05) is 17.7 Å². The number of aryl methyl sites for hydroxylation is 1. The molecule has 0 aromatic carbocycles. The van der Waals surface area contributed by atoms with Crippen LogP contribution in [0.2, 0.25) is 0 Å². The predicted octanol–water partition coefficient (Wildman–Crippen LogP) is 0.246. The van der Waals surface area contributed by atoms with Crippen molar-refractivity contribution in [2.45, 2.75) is 19.5 Å². The van der Waals surface area contributed by atoms with E-state index in [-0.39, 0.29) is 6.04 Å². The van der Waals surface area contributed by atoms with Crippen LogP contribution in [0.15, 0.2) is 31.0 Å². The zero-order valence-corrected chi connectivity index (χ0v) is 9.04. The summed E-state index contributed by atoms with van der Waals surface area (Å²) < 4.78 is 1.89. The Hall–Kier alpha value is -1.79. The highest BCUT2D eigenvalue weighted by molar-refractivity contribution is 5.22. The minimum atomic E-state index is -0.136. The van der Waals surface area contributed by atoms with E-state index in [9.17, 15) is 0 Å². The van der Waals surface area contributed by atoms with Crippen LogP contribution in [0.3, 0.4) is 0 Å². The molecule has 1 atom stereocenters. The predicted molar refractivity (Wildman–Crippen MR) is 59.1 cm³/mol. The highest BCUT2D eigenvalue weighted by Crippen LogP contribution is 2.19. The van der Waals surface area contributed by atoms with Gasteiger partial charge in [0.05, 0.1) is 11.7 Å². The Morgan fingerprint density at radius 1 is 1.44 bits per heavy atom. The van der Waals surface area contributed by atoms with Gasteiger partial charge in [-0.2, -0.15) is 5.10 Å². The summed E-state index contributed by atoms with van der Waals surface area (Å²) in [7, 11) is 0. The molecule has 0 aliphatic heterocycles. The first-order valence-corrected chi connectivity index (χ1v) is 5.09. The van der Waals surface area contributed by atoms with Crippen LogP contribution in [0.1, 0.15) is 24.2 Å². The van der Waals surface area contributed by atoms with E-state index in [1.54, 1.807) is 18.6 Å². The molecule has 0 spiro atoms. The molecule has 0 aliphatic carbocycles. The summed E-state index contributed by atoms with van der Waals surface area (Å²) in [6, 6.07) is 1.80. The molecule has 0 bridgehead atoms. The number of hydrazine groups is 1. The van der Waals surface area contributed by atoms with Crippen molar-refractivity contribution in [1.29, 1.82) is 0 Å². The van der Waals surface area contributed by atoms with Crippen LogP contribution < -0.4 is 11.3 Å². The summed E-state index contributed by atoms with van der Waals surface area (Å²) in [6.45, 7) is 2.83. The highest BCUT2D eigenvalue weighted by Gasteiger charge is 2.16. The molecule has 0 aliphatic rings. The SMILES string of the molecule is CCn1nccc1C(NN)c1cncnc1. The number of rotatable bonds is 4. The van der Waals surface area contributed by atoms with Gasteiger partial charge in [-0.15, -0.1) is 0 Å². The van der Waals surface area contributed by atoms with Crippen molar-refractivity contribution in [3.63, 3.8) is 0 Å². The van der Waals surface area contributed by atoms with Crippen LogP contribution in [-0.2, 0) is 6.54 Å². The van der Waals surface area contributed by atoms with Gasteiger partial charge in [0.1, 0.15) is 6.33 Å². The zero-order chi connectivity index (χ0) is 11.4. The molecule has 84 valence electrons. The molecule has 2 heterocycles. The Balaban J connectivity index is 2.37. The largest absolute Gasteiger partial charge is 0.271 e. The minimum Gasteiger partial charge on any atom is -0.271 e. The van der Waals surface area contributed by atoms with Gasteiger partial charge in [-0.1, -0.05) is 0 Å². The average Bonchev–Trinajstić information content (AvgIpc) is 2.80. The molecular formula is C10H14N6. The summed E-state index contributed by atoms with van der Waals surface area (Å²) in [5.74, 6) is 5.57. The molecular weight excluding hydrogens is 204 g/mol. The maximum absolute atomic E-state index is 5.57. The van der Waals surface area contributed by atoms with Gasteiger partial charge in [-0.05, 0) is 13.0 Å². The second-order valence-corrected chi connectivity index (χ2v) is 3.34. The van der Waals surface area contributed by atoms with Crippen molar-refractivity contribution >= 4 is 0 Å². The number of aromatic nitrogens is 4. The van der Waals surface area contributed by atoms with Crippen LogP contribution in [-0.4, -0.2) is 19.7 Å². The molecule has 0 amide bonds. The summed E-state index contributed by atoms with van der Waals surface area (Å²) >= 11 is 0. The number of nitrogens with two attached hydrogens (primary N) is 1. The molecule has 1 unspecified atom stereocenters. The second kappa shape index (κ2) is 4.82. The van der Waals surface area contributed by atoms with Gasteiger partial charge in [0.2, 0.25) is 0 Å². The first-order valence-electron chi connectivity index (χ1n) is 5.09. The van der Waals surface area contributed by atoms with E-state index in [1.165, 1.54) is 6.33 Å². The van der Waals surface area contributed by atoms with Gasteiger partial charge in [0.25, 0.3) is 0 Å². The number of hydrogen-bond donors (Lipinski definition) is 2. The lowest BCUT2D eigenvalue weighted by atomic mass is 10.1. The van der Waals surface area contributed by atoms with Crippen LogP contribution in [0.5, 0.6) is 0 Å². The molecule has 3 N–H and O–H groups in total. The number of nitrogens with zero attached hydrogens (tertiary/aromatic N) is 4. The van der Waals surface area contributed by atoms with E-state index in [2.05, 4.69) is 20.5 Å². The summed E-state index contributed by atoms with van der Waals surface area (Å²) in [5.41, 5.74) is 4.67. The van der Waals surface area contributed by atoms with Crippen molar-refractivity contribution in [3.05, 3.63) is 42.2 Å². The van der Waals surface area contributed by atoms with Crippen LogP contribution in [0.25, 0.3) is 0 Å². The monoisotopic (exact) mass is 218 g/mol. The van der Waals surface area contributed by atoms with Crippen LogP contribution in [0.4, 0.5) is 0 Å². The van der Waals surface area contributed by atoms with Gasteiger partial charge in [0, 0.05) is 30.7 Å². The third kappa shape index (κ3) is 1.93. The Morgan fingerprint density at radius 2 is 2.19 bits per heavy atom. The molecule has 0 saturated heterocycles. The van der Waals surface area contributed by atoms with Gasteiger partial charge in [-0.3, -0.25) is 10.5 Å². The number of nitrogens with one attached hydrogen (secondary N) is 1. The number of hydrogen-bond acceptors (Lipinski definition) is 5. The maximum Gasteiger partial charge on any atom is 0.115 e. The smallest absolute Gasteiger partial charge is 0.115 e. The first-order chi connectivity index (χ1) is 7.86. The van der Waals surface area contributed by atoms with Crippen molar-refractivity contribution in [3.8, 4) is 0 Å². The maximum atomic E-state index is 5.57. The Morgan fingerprint density at radius 3 is 2.81 bits per heavy atom. The van der Waals surface area contributed by atoms with E-state index >= 15 is 0 Å². The average molecular weight is 218 g/mol.